The molecule has 8 heteroatoms. The summed E-state index contributed by atoms with van der Waals surface area (Å²) in [5, 5.41) is 12.1. The largest absolute Gasteiger partial charge is 0.492 e. The van der Waals surface area contributed by atoms with Crippen LogP contribution in [-0.4, -0.2) is 38.0 Å². The Balaban J connectivity index is 1.67. The lowest BCUT2D eigenvalue weighted by molar-refractivity contribution is -0.113. The van der Waals surface area contributed by atoms with Gasteiger partial charge in [0.1, 0.15) is 5.75 Å². The summed E-state index contributed by atoms with van der Waals surface area (Å²) in [5.74, 6) is 1.51. The topological polar surface area (TPSA) is 81.9 Å². The lowest BCUT2D eigenvalue weighted by atomic mass is 10.3. The maximum Gasteiger partial charge on any atom is 0.234 e. The van der Waals surface area contributed by atoms with Crippen molar-refractivity contribution in [1.82, 2.24) is 19.7 Å². The van der Waals surface area contributed by atoms with Gasteiger partial charge in [-0.25, -0.2) is 0 Å². The fourth-order valence-electron chi connectivity index (χ4n) is 2.56. The van der Waals surface area contributed by atoms with E-state index >= 15 is 0 Å². The van der Waals surface area contributed by atoms with Crippen molar-refractivity contribution in [2.24, 2.45) is 0 Å². The molecular formula is C19H21N5O2S. The summed E-state index contributed by atoms with van der Waals surface area (Å²) < 4.78 is 7.51. The Morgan fingerprint density at radius 2 is 2.04 bits per heavy atom. The van der Waals surface area contributed by atoms with E-state index in [2.05, 4.69) is 20.5 Å². The fraction of sp³-hybridized carbons (Fsp3) is 0.263. The predicted octanol–water partition coefficient (Wildman–Crippen LogP) is 3.49. The number of carbonyl (C=O) groups is 1. The van der Waals surface area contributed by atoms with Crippen molar-refractivity contribution >= 4 is 23.4 Å². The minimum atomic E-state index is -0.124. The molecule has 0 aliphatic carbocycles. The molecule has 0 saturated carbocycles. The first kappa shape index (κ1) is 18.9. The Morgan fingerprint density at radius 1 is 1.19 bits per heavy atom. The molecule has 27 heavy (non-hydrogen) atoms. The van der Waals surface area contributed by atoms with Gasteiger partial charge in [0.2, 0.25) is 5.91 Å². The highest BCUT2D eigenvalue weighted by atomic mass is 32.2. The van der Waals surface area contributed by atoms with Crippen molar-refractivity contribution in [3.8, 4) is 17.1 Å². The van der Waals surface area contributed by atoms with Gasteiger partial charge in [-0.05, 0) is 38.1 Å². The maximum absolute atomic E-state index is 12.4. The van der Waals surface area contributed by atoms with Crippen LogP contribution < -0.4 is 10.1 Å². The smallest absolute Gasteiger partial charge is 0.234 e. The molecule has 140 valence electrons. The minimum absolute atomic E-state index is 0.124. The number of nitrogens with one attached hydrogen (secondary N) is 1. The van der Waals surface area contributed by atoms with Crippen LogP contribution >= 0.6 is 11.8 Å². The second-order valence-corrected chi connectivity index (χ2v) is 6.50. The highest BCUT2D eigenvalue weighted by Gasteiger charge is 2.15. The number of thioether (sulfide) groups is 1. The second-order valence-electron chi connectivity index (χ2n) is 5.56. The first-order valence-electron chi connectivity index (χ1n) is 8.71. The summed E-state index contributed by atoms with van der Waals surface area (Å²) in [4.78, 5) is 16.5. The van der Waals surface area contributed by atoms with Gasteiger partial charge in [0.15, 0.2) is 11.0 Å². The summed E-state index contributed by atoms with van der Waals surface area (Å²) in [7, 11) is 0. The van der Waals surface area contributed by atoms with E-state index in [-0.39, 0.29) is 11.7 Å². The van der Waals surface area contributed by atoms with Gasteiger partial charge < -0.3 is 14.6 Å². The summed E-state index contributed by atoms with van der Waals surface area (Å²) in [6.07, 6.45) is 3.47. The first-order valence-corrected chi connectivity index (χ1v) is 9.69. The second kappa shape index (κ2) is 9.18. The molecule has 1 aromatic carbocycles. The lowest BCUT2D eigenvalue weighted by Gasteiger charge is -2.11. The van der Waals surface area contributed by atoms with Crippen molar-refractivity contribution in [2.45, 2.75) is 25.5 Å². The van der Waals surface area contributed by atoms with Crippen LogP contribution in [0.5, 0.6) is 5.75 Å². The van der Waals surface area contributed by atoms with Gasteiger partial charge in [-0.1, -0.05) is 23.9 Å². The number of aromatic nitrogens is 4. The van der Waals surface area contributed by atoms with E-state index in [4.69, 9.17) is 4.74 Å². The van der Waals surface area contributed by atoms with Gasteiger partial charge in [0.25, 0.3) is 0 Å². The maximum atomic E-state index is 12.4. The van der Waals surface area contributed by atoms with Gasteiger partial charge in [0.05, 0.1) is 18.0 Å². The Bertz CT molecular complexity index is 898. The lowest BCUT2D eigenvalue weighted by Crippen LogP contribution is -2.15. The molecule has 0 fully saturated rings. The standard InChI is InChI=1S/C19H21N5O2S/c1-3-24-18(14-8-7-11-20-12-14)22-23-19(24)27-13-17(25)21-15-9-5-6-10-16(15)26-4-2/h5-12H,3-4,13H2,1-2H3,(H,21,25). The van der Waals surface area contributed by atoms with Crippen molar-refractivity contribution < 1.29 is 9.53 Å². The Hall–Kier alpha value is -2.87. The predicted molar refractivity (Wildman–Crippen MR) is 106 cm³/mol. The molecule has 0 unspecified atom stereocenters. The Labute approximate surface area is 162 Å². The third-order valence-corrected chi connectivity index (χ3v) is 4.71. The highest BCUT2D eigenvalue weighted by Crippen LogP contribution is 2.26. The van der Waals surface area contributed by atoms with Crippen LogP contribution in [0.15, 0.2) is 53.9 Å². The molecule has 0 saturated heterocycles. The molecular weight excluding hydrogens is 362 g/mol. The van der Waals surface area contributed by atoms with E-state index in [0.717, 1.165) is 11.4 Å². The van der Waals surface area contributed by atoms with Gasteiger partial charge in [0, 0.05) is 24.5 Å². The number of carbonyl (C=O) groups excluding carboxylic acids is 1. The van der Waals surface area contributed by atoms with E-state index in [9.17, 15) is 4.79 Å². The normalized spacial score (nSPS) is 10.6. The molecule has 2 aromatic heterocycles. The number of para-hydroxylation sites is 2. The van der Waals surface area contributed by atoms with Crippen LogP contribution in [0.25, 0.3) is 11.4 Å². The number of benzene rings is 1. The quantitative estimate of drug-likeness (QED) is 0.600. The van der Waals surface area contributed by atoms with Gasteiger partial charge in [-0.3, -0.25) is 9.78 Å². The first-order chi connectivity index (χ1) is 13.2. The van der Waals surface area contributed by atoms with Gasteiger partial charge in [-0.2, -0.15) is 0 Å². The van der Waals surface area contributed by atoms with E-state index in [1.54, 1.807) is 12.4 Å². The van der Waals surface area contributed by atoms with Crippen LogP contribution in [0.2, 0.25) is 0 Å². The van der Waals surface area contributed by atoms with Crippen LogP contribution in [0.3, 0.4) is 0 Å². The number of hydrogen-bond donors (Lipinski definition) is 1. The van der Waals surface area contributed by atoms with E-state index < -0.39 is 0 Å². The van der Waals surface area contributed by atoms with Crippen LogP contribution in [0.1, 0.15) is 13.8 Å². The molecule has 0 spiro atoms. The van der Waals surface area contributed by atoms with E-state index in [1.807, 2.05) is 54.8 Å². The summed E-state index contributed by atoms with van der Waals surface area (Å²) >= 11 is 1.35. The zero-order chi connectivity index (χ0) is 19.1. The molecule has 1 N–H and O–H groups in total. The average Bonchev–Trinajstić information content (AvgIpc) is 3.12. The van der Waals surface area contributed by atoms with Gasteiger partial charge in [-0.15, -0.1) is 10.2 Å². The van der Waals surface area contributed by atoms with E-state index in [0.29, 0.717) is 29.7 Å². The molecule has 0 radical (unpaired) electrons. The monoisotopic (exact) mass is 383 g/mol. The number of amides is 1. The highest BCUT2D eigenvalue weighted by molar-refractivity contribution is 7.99. The number of anilines is 1. The zero-order valence-electron chi connectivity index (χ0n) is 15.3. The fourth-order valence-corrected chi connectivity index (χ4v) is 3.36. The molecule has 0 bridgehead atoms. The molecule has 2 heterocycles. The van der Waals surface area contributed by atoms with Gasteiger partial charge >= 0.3 is 0 Å². The third kappa shape index (κ3) is 4.65. The van der Waals surface area contributed by atoms with Crippen molar-refractivity contribution in [3.05, 3.63) is 48.8 Å². The molecule has 3 rings (SSSR count). The summed E-state index contributed by atoms with van der Waals surface area (Å²) in [6.45, 7) is 5.17. The molecule has 0 atom stereocenters. The number of nitrogens with zero attached hydrogens (tertiary/aromatic N) is 4. The molecule has 3 aromatic rings. The molecule has 0 aliphatic heterocycles. The number of ether oxygens (including phenoxy) is 1. The van der Waals surface area contributed by atoms with Crippen LogP contribution in [0, 0.1) is 0 Å². The summed E-state index contributed by atoms with van der Waals surface area (Å²) in [6, 6.07) is 11.2. The number of rotatable bonds is 8. The zero-order valence-corrected chi connectivity index (χ0v) is 16.1. The number of pyridine rings is 1. The van der Waals surface area contributed by atoms with Crippen LogP contribution in [-0.2, 0) is 11.3 Å². The van der Waals surface area contributed by atoms with Crippen molar-refractivity contribution in [1.29, 1.82) is 0 Å². The Morgan fingerprint density at radius 3 is 2.78 bits per heavy atom. The average molecular weight is 383 g/mol. The molecule has 0 aliphatic rings. The number of hydrogen-bond acceptors (Lipinski definition) is 6. The third-order valence-electron chi connectivity index (χ3n) is 3.75. The minimum Gasteiger partial charge on any atom is -0.492 e. The van der Waals surface area contributed by atoms with Crippen molar-refractivity contribution in [2.75, 3.05) is 17.7 Å². The SMILES string of the molecule is CCOc1ccccc1NC(=O)CSc1nnc(-c2cccnc2)n1CC. The molecule has 7 nitrogen and oxygen atoms in total. The van der Waals surface area contributed by atoms with Crippen LogP contribution in [0.4, 0.5) is 5.69 Å². The van der Waals surface area contributed by atoms with Crippen molar-refractivity contribution in [3.63, 3.8) is 0 Å². The van der Waals surface area contributed by atoms with E-state index in [1.165, 1.54) is 11.8 Å². The molecule has 1 amide bonds. The summed E-state index contributed by atoms with van der Waals surface area (Å²) in [5.41, 5.74) is 1.56. The Kier molecular flexibility index (Phi) is 6.43.